The Morgan fingerprint density at radius 2 is 1.58 bits per heavy atom. The van der Waals surface area contributed by atoms with Crippen LogP contribution in [0.3, 0.4) is 0 Å². The molecule has 0 bridgehead atoms. The van der Waals surface area contributed by atoms with Gasteiger partial charge in [-0.15, -0.1) is 0 Å². The summed E-state index contributed by atoms with van der Waals surface area (Å²) < 4.78 is 9.40. The molecule has 0 aliphatic rings. The Morgan fingerprint density at radius 3 is 2.27 bits per heavy atom. The summed E-state index contributed by atoms with van der Waals surface area (Å²) in [6.45, 7) is 8.33. The molecule has 4 aromatic heterocycles. The van der Waals surface area contributed by atoms with E-state index in [0.29, 0.717) is 34.1 Å². The molecule has 4 heterocycles. The summed E-state index contributed by atoms with van der Waals surface area (Å²) in [5.41, 5.74) is 3.48. The van der Waals surface area contributed by atoms with Gasteiger partial charge >= 0.3 is 0 Å². The summed E-state index contributed by atoms with van der Waals surface area (Å²) in [7, 11) is 1.57. The zero-order chi connectivity index (χ0) is 18.4. The van der Waals surface area contributed by atoms with Gasteiger partial charge in [0.05, 0.1) is 13.4 Å². The van der Waals surface area contributed by atoms with Crippen molar-refractivity contribution in [3.8, 4) is 17.4 Å². The van der Waals surface area contributed by atoms with Crippen LogP contribution in [-0.2, 0) is 0 Å². The molecule has 0 saturated carbocycles. The first-order valence-corrected chi connectivity index (χ1v) is 8.47. The van der Waals surface area contributed by atoms with Gasteiger partial charge in [0.25, 0.3) is 0 Å². The highest BCUT2D eigenvalue weighted by Crippen LogP contribution is 2.32. The van der Waals surface area contributed by atoms with E-state index in [0.717, 1.165) is 5.65 Å². The standard InChI is InChI=1S/C17H20N8O/c1-9(2)24-8-22-11-12(18-6-19-14(11)24)16-23-13-15(25(16)10(3)4)20-7-21-17(13)26-5/h6-10H,1-5H3. The van der Waals surface area contributed by atoms with Crippen molar-refractivity contribution in [2.24, 2.45) is 0 Å². The Bertz CT molecular complexity index is 1090. The van der Waals surface area contributed by atoms with E-state index in [1.807, 2.05) is 9.13 Å². The number of rotatable bonds is 4. The molecule has 0 aromatic carbocycles. The summed E-state index contributed by atoms with van der Waals surface area (Å²) >= 11 is 0. The molecule has 0 fully saturated rings. The largest absolute Gasteiger partial charge is 0.479 e. The van der Waals surface area contributed by atoms with Crippen LogP contribution in [0, 0.1) is 0 Å². The first-order valence-electron chi connectivity index (χ1n) is 8.47. The van der Waals surface area contributed by atoms with Crippen LogP contribution >= 0.6 is 0 Å². The van der Waals surface area contributed by atoms with Crippen molar-refractivity contribution in [2.45, 2.75) is 39.8 Å². The minimum atomic E-state index is 0.117. The van der Waals surface area contributed by atoms with Crippen LogP contribution in [0.1, 0.15) is 39.8 Å². The lowest BCUT2D eigenvalue weighted by atomic mass is 10.3. The predicted molar refractivity (Wildman–Crippen MR) is 97.0 cm³/mol. The minimum absolute atomic E-state index is 0.117. The molecule has 9 nitrogen and oxygen atoms in total. The van der Waals surface area contributed by atoms with Gasteiger partial charge in [-0.2, -0.15) is 4.98 Å². The third-order valence-corrected chi connectivity index (χ3v) is 4.28. The number of hydrogen-bond acceptors (Lipinski definition) is 7. The average molecular weight is 352 g/mol. The highest BCUT2D eigenvalue weighted by atomic mass is 16.5. The highest BCUT2D eigenvalue weighted by Gasteiger charge is 2.23. The van der Waals surface area contributed by atoms with Gasteiger partial charge < -0.3 is 13.9 Å². The average Bonchev–Trinajstić information content (AvgIpc) is 3.22. The zero-order valence-corrected chi connectivity index (χ0v) is 15.4. The van der Waals surface area contributed by atoms with Crippen LogP contribution in [0.5, 0.6) is 5.88 Å². The van der Waals surface area contributed by atoms with E-state index in [2.05, 4.69) is 52.6 Å². The summed E-state index contributed by atoms with van der Waals surface area (Å²) in [5, 5.41) is 0. The lowest BCUT2D eigenvalue weighted by Gasteiger charge is -2.12. The minimum Gasteiger partial charge on any atom is -0.479 e. The maximum atomic E-state index is 5.36. The van der Waals surface area contributed by atoms with Crippen LogP contribution in [0.4, 0.5) is 0 Å². The molecule has 26 heavy (non-hydrogen) atoms. The van der Waals surface area contributed by atoms with E-state index in [4.69, 9.17) is 9.72 Å². The Hall–Kier alpha value is -3.10. The molecular formula is C17H20N8O. The van der Waals surface area contributed by atoms with Gasteiger partial charge in [0.1, 0.15) is 23.9 Å². The molecule has 0 atom stereocenters. The van der Waals surface area contributed by atoms with E-state index < -0.39 is 0 Å². The third-order valence-electron chi connectivity index (χ3n) is 4.28. The van der Waals surface area contributed by atoms with E-state index in [9.17, 15) is 0 Å². The van der Waals surface area contributed by atoms with Crippen molar-refractivity contribution in [1.82, 2.24) is 39.0 Å². The van der Waals surface area contributed by atoms with Gasteiger partial charge in [0.15, 0.2) is 22.6 Å². The molecular weight excluding hydrogens is 332 g/mol. The molecule has 0 saturated heterocycles. The molecule has 134 valence electrons. The fourth-order valence-corrected chi connectivity index (χ4v) is 3.09. The third kappa shape index (κ3) is 2.31. The van der Waals surface area contributed by atoms with Crippen LogP contribution in [0.25, 0.3) is 33.8 Å². The molecule has 0 amide bonds. The summed E-state index contributed by atoms with van der Waals surface area (Å²) in [4.78, 5) is 26.8. The van der Waals surface area contributed by atoms with E-state index in [-0.39, 0.29) is 12.1 Å². The molecule has 9 heteroatoms. The fourth-order valence-electron chi connectivity index (χ4n) is 3.09. The van der Waals surface area contributed by atoms with E-state index in [1.54, 1.807) is 19.8 Å². The van der Waals surface area contributed by atoms with Crippen molar-refractivity contribution < 1.29 is 4.74 Å². The van der Waals surface area contributed by atoms with Crippen molar-refractivity contribution in [3.63, 3.8) is 0 Å². The molecule has 0 spiro atoms. The highest BCUT2D eigenvalue weighted by molar-refractivity contribution is 5.89. The molecule has 0 radical (unpaired) electrons. The SMILES string of the molecule is COc1ncnc2c1nc(-c1ncnc3c1ncn3C(C)C)n2C(C)C. The monoisotopic (exact) mass is 352 g/mol. The van der Waals surface area contributed by atoms with Gasteiger partial charge in [-0.1, -0.05) is 0 Å². The van der Waals surface area contributed by atoms with Crippen molar-refractivity contribution in [2.75, 3.05) is 7.11 Å². The fraction of sp³-hybridized carbons (Fsp3) is 0.412. The Morgan fingerprint density at radius 1 is 0.846 bits per heavy atom. The first kappa shape index (κ1) is 16.4. The van der Waals surface area contributed by atoms with E-state index >= 15 is 0 Å². The maximum Gasteiger partial charge on any atom is 0.245 e. The Labute approximate surface area is 150 Å². The quantitative estimate of drug-likeness (QED) is 0.557. The number of imidazole rings is 2. The zero-order valence-electron chi connectivity index (χ0n) is 15.4. The molecule has 0 aliphatic heterocycles. The van der Waals surface area contributed by atoms with Crippen molar-refractivity contribution in [1.29, 1.82) is 0 Å². The second kappa shape index (κ2) is 6.01. The lowest BCUT2D eigenvalue weighted by molar-refractivity contribution is 0.401. The molecule has 4 rings (SSSR count). The Kier molecular flexibility index (Phi) is 3.78. The number of hydrogen-bond donors (Lipinski definition) is 0. The van der Waals surface area contributed by atoms with Crippen LogP contribution < -0.4 is 4.74 Å². The van der Waals surface area contributed by atoms with Gasteiger partial charge in [-0.3, -0.25) is 0 Å². The number of ether oxygens (including phenoxy) is 1. The smallest absolute Gasteiger partial charge is 0.245 e. The van der Waals surface area contributed by atoms with Gasteiger partial charge in [-0.25, -0.2) is 24.9 Å². The second-order valence-corrected chi connectivity index (χ2v) is 6.59. The summed E-state index contributed by atoms with van der Waals surface area (Å²) in [6, 6.07) is 0.365. The lowest BCUT2D eigenvalue weighted by Crippen LogP contribution is -2.06. The molecule has 0 N–H and O–H groups in total. The number of nitrogens with zero attached hydrogens (tertiary/aromatic N) is 8. The summed E-state index contributed by atoms with van der Waals surface area (Å²) in [6.07, 6.45) is 4.82. The van der Waals surface area contributed by atoms with Crippen LogP contribution in [0.15, 0.2) is 19.0 Å². The van der Waals surface area contributed by atoms with Gasteiger partial charge in [-0.05, 0) is 27.7 Å². The Balaban J connectivity index is 2.06. The molecule has 0 aliphatic carbocycles. The summed E-state index contributed by atoms with van der Waals surface area (Å²) in [5.74, 6) is 1.11. The second-order valence-electron chi connectivity index (χ2n) is 6.59. The number of aromatic nitrogens is 8. The molecule has 4 aromatic rings. The maximum absolute atomic E-state index is 5.36. The normalized spacial score (nSPS) is 12.0. The van der Waals surface area contributed by atoms with Crippen LogP contribution in [-0.4, -0.2) is 46.1 Å². The van der Waals surface area contributed by atoms with Gasteiger partial charge in [0.2, 0.25) is 5.88 Å². The number of fused-ring (bicyclic) bond motifs is 2. The van der Waals surface area contributed by atoms with Crippen molar-refractivity contribution in [3.05, 3.63) is 19.0 Å². The first-order chi connectivity index (χ1) is 12.5. The molecule has 0 unspecified atom stereocenters. The van der Waals surface area contributed by atoms with Gasteiger partial charge in [0, 0.05) is 12.1 Å². The number of methoxy groups -OCH3 is 1. The predicted octanol–water partition coefficient (Wildman–Crippen LogP) is 2.80. The topological polar surface area (TPSA) is 96.4 Å². The van der Waals surface area contributed by atoms with Crippen molar-refractivity contribution >= 4 is 22.3 Å². The van der Waals surface area contributed by atoms with E-state index in [1.165, 1.54) is 6.33 Å². The van der Waals surface area contributed by atoms with Crippen LogP contribution in [0.2, 0.25) is 0 Å².